The Kier molecular flexibility index (Phi) is 3.56. The lowest BCUT2D eigenvalue weighted by Crippen LogP contribution is -2.47. The predicted octanol–water partition coefficient (Wildman–Crippen LogP) is 3.96. The maximum absolute atomic E-state index is 13.3. The summed E-state index contributed by atoms with van der Waals surface area (Å²) in [5, 5.41) is 0.164. The molecule has 102 valence electrons. The van der Waals surface area contributed by atoms with Crippen LogP contribution in [0.1, 0.15) is 36.0 Å². The summed E-state index contributed by atoms with van der Waals surface area (Å²) in [5.41, 5.74) is 0.407. The zero-order valence-corrected chi connectivity index (χ0v) is 12.6. The monoisotopic (exact) mass is 345 g/mol. The van der Waals surface area contributed by atoms with Crippen molar-refractivity contribution in [3.63, 3.8) is 0 Å². The summed E-state index contributed by atoms with van der Waals surface area (Å²) in [5.74, 6) is -0.464. The third kappa shape index (κ3) is 2.40. The Balaban J connectivity index is 1.90. The van der Waals surface area contributed by atoms with Gasteiger partial charge in [-0.3, -0.25) is 4.79 Å². The van der Waals surface area contributed by atoms with Gasteiger partial charge in [-0.05, 0) is 59.8 Å². The first kappa shape index (κ1) is 13.4. The maximum atomic E-state index is 13.3. The molecule has 1 aromatic carbocycles. The number of carbonyl (C=O) groups is 1. The van der Waals surface area contributed by atoms with E-state index < -0.39 is 0 Å². The molecule has 2 saturated heterocycles. The van der Waals surface area contributed by atoms with Crippen LogP contribution in [-0.2, 0) is 0 Å². The number of benzene rings is 1. The van der Waals surface area contributed by atoms with Gasteiger partial charge in [-0.1, -0.05) is 0 Å². The van der Waals surface area contributed by atoms with E-state index in [2.05, 4.69) is 15.9 Å². The van der Waals surface area contributed by atoms with Crippen molar-refractivity contribution in [2.75, 3.05) is 0 Å². The fourth-order valence-corrected chi connectivity index (χ4v) is 4.07. The Morgan fingerprint density at radius 2 is 1.95 bits per heavy atom. The number of amides is 1. The van der Waals surface area contributed by atoms with Gasteiger partial charge in [0.25, 0.3) is 5.91 Å². The summed E-state index contributed by atoms with van der Waals surface area (Å²) in [6.45, 7) is 0. The van der Waals surface area contributed by atoms with Crippen LogP contribution in [0.15, 0.2) is 22.7 Å². The molecule has 19 heavy (non-hydrogen) atoms. The minimum Gasteiger partial charge on any atom is -0.333 e. The van der Waals surface area contributed by atoms with Crippen LogP contribution in [0.25, 0.3) is 0 Å². The van der Waals surface area contributed by atoms with Crippen molar-refractivity contribution < 1.29 is 9.18 Å². The molecule has 2 aliphatic heterocycles. The van der Waals surface area contributed by atoms with Gasteiger partial charge >= 0.3 is 0 Å². The molecule has 0 saturated carbocycles. The topological polar surface area (TPSA) is 20.3 Å². The van der Waals surface area contributed by atoms with E-state index in [-0.39, 0.29) is 29.2 Å². The normalized spacial score (nSPS) is 29.6. The molecular weight excluding hydrogens is 333 g/mol. The van der Waals surface area contributed by atoms with Crippen LogP contribution in [0.4, 0.5) is 4.39 Å². The highest BCUT2D eigenvalue weighted by atomic mass is 79.9. The zero-order chi connectivity index (χ0) is 13.6. The van der Waals surface area contributed by atoms with E-state index >= 15 is 0 Å². The first-order valence-electron chi connectivity index (χ1n) is 6.48. The Hall–Kier alpha value is -0.610. The molecule has 2 nitrogen and oxygen atoms in total. The summed E-state index contributed by atoms with van der Waals surface area (Å²) in [7, 11) is 0. The van der Waals surface area contributed by atoms with Crippen molar-refractivity contribution in [2.24, 2.45) is 0 Å². The van der Waals surface area contributed by atoms with E-state index in [4.69, 9.17) is 11.6 Å². The first-order valence-corrected chi connectivity index (χ1v) is 7.71. The first-order chi connectivity index (χ1) is 9.06. The molecule has 0 aromatic heterocycles. The van der Waals surface area contributed by atoms with E-state index in [0.717, 1.165) is 25.7 Å². The number of fused-ring (bicyclic) bond motifs is 2. The molecule has 2 aliphatic rings. The van der Waals surface area contributed by atoms with E-state index in [1.54, 1.807) is 6.07 Å². The van der Waals surface area contributed by atoms with E-state index in [1.807, 2.05) is 4.90 Å². The van der Waals surface area contributed by atoms with Gasteiger partial charge in [0.05, 0.1) is 5.56 Å². The number of hydrogen-bond donors (Lipinski definition) is 0. The van der Waals surface area contributed by atoms with Gasteiger partial charge in [0.1, 0.15) is 5.82 Å². The fraction of sp³-hybridized carbons (Fsp3) is 0.500. The highest BCUT2D eigenvalue weighted by molar-refractivity contribution is 9.10. The van der Waals surface area contributed by atoms with Crippen LogP contribution >= 0.6 is 27.5 Å². The van der Waals surface area contributed by atoms with Gasteiger partial charge in [-0.15, -0.1) is 11.6 Å². The summed E-state index contributed by atoms with van der Waals surface area (Å²) >= 11 is 9.54. The van der Waals surface area contributed by atoms with E-state index in [9.17, 15) is 9.18 Å². The molecule has 1 amide bonds. The minimum absolute atomic E-state index is 0.0811. The Morgan fingerprint density at radius 3 is 2.58 bits per heavy atom. The lowest BCUT2D eigenvalue weighted by atomic mass is 10.0. The third-order valence-corrected chi connectivity index (χ3v) is 5.12. The third-order valence-electron chi connectivity index (χ3n) is 4.07. The molecule has 0 N–H and O–H groups in total. The van der Waals surface area contributed by atoms with Gasteiger partial charge in [-0.25, -0.2) is 4.39 Å². The summed E-state index contributed by atoms with van der Waals surface area (Å²) < 4.78 is 14.0. The van der Waals surface area contributed by atoms with Crippen molar-refractivity contribution in [3.8, 4) is 0 Å². The van der Waals surface area contributed by atoms with Crippen molar-refractivity contribution in [2.45, 2.75) is 43.1 Å². The van der Waals surface area contributed by atoms with Crippen LogP contribution in [0.2, 0.25) is 0 Å². The molecule has 2 atom stereocenters. The predicted molar refractivity (Wildman–Crippen MR) is 76.0 cm³/mol. The Morgan fingerprint density at radius 1 is 1.32 bits per heavy atom. The molecular formula is C14H14BrClFNO. The van der Waals surface area contributed by atoms with Crippen LogP contribution in [-0.4, -0.2) is 28.3 Å². The molecule has 1 aromatic rings. The number of rotatable bonds is 1. The van der Waals surface area contributed by atoms with Gasteiger partial charge in [0.2, 0.25) is 0 Å². The highest BCUT2D eigenvalue weighted by Crippen LogP contribution is 2.39. The Labute approximate surface area is 125 Å². The quantitative estimate of drug-likeness (QED) is 0.705. The number of alkyl halides is 1. The molecule has 5 heteroatoms. The number of hydrogen-bond acceptors (Lipinski definition) is 1. The van der Waals surface area contributed by atoms with Crippen molar-refractivity contribution in [1.82, 2.24) is 4.90 Å². The largest absolute Gasteiger partial charge is 0.333 e. The number of halogens is 3. The van der Waals surface area contributed by atoms with Crippen LogP contribution in [0, 0.1) is 5.82 Å². The van der Waals surface area contributed by atoms with Crippen molar-refractivity contribution >= 4 is 33.4 Å². The number of carbonyl (C=O) groups excluding carboxylic acids is 1. The van der Waals surface area contributed by atoms with Crippen molar-refractivity contribution in [1.29, 1.82) is 0 Å². The molecule has 2 fully saturated rings. The van der Waals surface area contributed by atoms with Gasteiger partial charge in [0.15, 0.2) is 0 Å². The zero-order valence-electron chi connectivity index (χ0n) is 10.3. The summed E-state index contributed by atoms with van der Waals surface area (Å²) in [6, 6.07) is 4.66. The molecule has 0 spiro atoms. The minimum atomic E-state index is -0.383. The SMILES string of the molecule is O=C(c1cc(F)ccc1Br)N1C2CCC1CC(Cl)C2. The van der Waals surface area contributed by atoms with E-state index in [0.29, 0.717) is 10.0 Å². The van der Waals surface area contributed by atoms with Gasteiger partial charge < -0.3 is 4.90 Å². The average molecular weight is 347 g/mol. The van der Waals surface area contributed by atoms with Crippen LogP contribution < -0.4 is 0 Å². The molecule has 0 radical (unpaired) electrons. The maximum Gasteiger partial charge on any atom is 0.255 e. The average Bonchev–Trinajstić information content (AvgIpc) is 2.64. The molecule has 3 rings (SSSR count). The summed E-state index contributed by atoms with van der Waals surface area (Å²) in [6.07, 6.45) is 3.70. The second kappa shape index (κ2) is 5.06. The molecule has 2 heterocycles. The summed E-state index contributed by atoms with van der Waals surface area (Å²) in [4.78, 5) is 14.5. The second-order valence-electron chi connectivity index (χ2n) is 5.29. The smallest absolute Gasteiger partial charge is 0.255 e. The second-order valence-corrected chi connectivity index (χ2v) is 6.76. The molecule has 2 bridgehead atoms. The van der Waals surface area contributed by atoms with Crippen LogP contribution in [0.5, 0.6) is 0 Å². The van der Waals surface area contributed by atoms with Crippen molar-refractivity contribution in [3.05, 3.63) is 34.1 Å². The number of piperidine rings is 1. The molecule has 0 aliphatic carbocycles. The lowest BCUT2D eigenvalue weighted by molar-refractivity contribution is 0.0598. The fourth-order valence-electron chi connectivity index (χ4n) is 3.24. The van der Waals surface area contributed by atoms with Gasteiger partial charge in [-0.2, -0.15) is 0 Å². The standard InChI is InChI=1S/C14H14BrClFNO/c15-13-4-1-9(17)7-12(13)14(19)18-10-2-3-11(18)6-8(16)5-10/h1,4,7-8,10-11H,2-3,5-6H2. The van der Waals surface area contributed by atoms with Gasteiger partial charge in [0, 0.05) is 21.9 Å². The molecule has 2 unspecified atom stereocenters. The van der Waals surface area contributed by atoms with E-state index in [1.165, 1.54) is 12.1 Å². The number of nitrogens with zero attached hydrogens (tertiary/aromatic N) is 1. The van der Waals surface area contributed by atoms with Crippen LogP contribution in [0.3, 0.4) is 0 Å². The lowest BCUT2D eigenvalue weighted by Gasteiger charge is -2.37. The Bertz CT molecular complexity index is 510. The highest BCUT2D eigenvalue weighted by Gasteiger charge is 2.43.